The molecule has 2 aliphatic rings. The van der Waals surface area contributed by atoms with Crippen LogP contribution in [0.4, 0.5) is 15.8 Å². The summed E-state index contributed by atoms with van der Waals surface area (Å²) in [4.78, 5) is 38.6. The minimum Gasteiger partial charge on any atom is -0.324 e. The zero-order chi connectivity index (χ0) is 19.8. The molecule has 0 saturated carbocycles. The van der Waals surface area contributed by atoms with E-state index in [0.717, 1.165) is 17.0 Å². The first kappa shape index (κ1) is 18.1. The highest BCUT2D eigenvalue weighted by molar-refractivity contribution is 6.30. The third-order valence-corrected chi connectivity index (χ3v) is 4.63. The largest absolute Gasteiger partial charge is 0.324 e. The summed E-state index contributed by atoms with van der Waals surface area (Å²) in [6.07, 6.45) is 0. The lowest BCUT2D eigenvalue weighted by atomic mass is 10.1. The number of anilines is 2. The number of nitrogens with one attached hydrogen (secondary N) is 1. The molecule has 28 heavy (non-hydrogen) atoms. The number of imide groups is 1. The van der Waals surface area contributed by atoms with E-state index in [0.29, 0.717) is 10.7 Å². The van der Waals surface area contributed by atoms with E-state index in [2.05, 4.69) is 15.7 Å². The van der Waals surface area contributed by atoms with Crippen molar-refractivity contribution in [2.24, 2.45) is 10.3 Å². The molecule has 0 bridgehead atoms. The predicted octanol–water partition coefficient (Wildman–Crippen LogP) is 2.41. The molecule has 1 fully saturated rings. The standard InChI is InChI=1S/C18H13ClFN5O3/c19-10-1-5-12(6-2-10)21-14(26)9-24-16-15(22-23-24)17(27)25(18(16)28)13-7-3-11(20)4-8-13/h1-8,15-16H,9H2,(H,21,26)/t15-,16-/m0/s1. The molecule has 10 heteroatoms. The van der Waals surface area contributed by atoms with Crippen LogP contribution in [0.1, 0.15) is 0 Å². The van der Waals surface area contributed by atoms with Crippen molar-refractivity contribution in [2.45, 2.75) is 12.1 Å². The average molecular weight is 402 g/mol. The molecule has 0 aliphatic carbocycles. The van der Waals surface area contributed by atoms with Gasteiger partial charge in [0.1, 0.15) is 12.4 Å². The van der Waals surface area contributed by atoms with Crippen molar-refractivity contribution in [2.75, 3.05) is 16.8 Å². The molecular weight excluding hydrogens is 389 g/mol. The third kappa shape index (κ3) is 3.20. The maximum Gasteiger partial charge on any atom is 0.263 e. The van der Waals surface area contributed by atoms with E-state index in [-0.39, 0.29) is 12.2 Å². The van der Waals surface area contributed by atoms with Gasteiger partial charge in [-0.1, -0.05) is 16.8 Å². The molecule has 142 valence electrons. The van der Waals surface area contributed by atoms with Gasteiger partial charge in [0.2, 0.25) is 5.91 Å². The van der Waals surface area contributed by atoms with Gasteiger partial charge >= 0.3 is 0 Å². The third-order valence-electron chi connectivity index (χ3n) is 4.38. The Kier molecular flexibility index (Phi) is 4.52. The SMILES string of the molecule is O=C(CN1N=N[C@@H]2C(=O)N(c3ccc(F)cc3)C(=O)[C@H]21)Nc1ccc(Cl)cc1. The fourth-order valence-electron chi connectivity index (χ4n) is 3.08. The Balaban J connectivity index is 1.48. The van der Waals surface area contributed by atoms with Crippen molar-refractivity contribution < 1.29 is 18.8 Å². The number of amides is 3. The van der Waals surface area contributed by atoms with E-state index in [1.54, 1.807) is 24.3 Å². The van der Waals surface area contributed by atoms with Gasteiger partial charge < -0.3 is 5.32 Å². The normalized spacial score (nSPS) is 20.6. The van der Waals surface area contributed by atoms with Crippen LogP contribution >= 0.6 is 11.6 Å². The van der Waals surface area contributed by atoms with E-state index in [4.69, 9.17) is 11.6 Å². The fraction of sp³-hybridized carbons (Fsp3) is 0.167. The zero-order valence-electron chi connectivity index (χ0n) is 14.3. The summed E-state index contributed by atoms with van der Waals surface area (Å²) in [6.45, 7) is -0.260. The highest BCUT2D eigenvalue weighted by atomic mass is 35.5. The number of fused-ring (bicyclic) bond motifs is 1. The van der Waals surface area contributed by atoms with Crippen LogP contribution in [0.5, 0.6) is 0 Å². The molecule has 2 aromatic carbocycles. The predicted molar refractivity (Wildman–Crippen MR) is 98.1 cm³/mol. The van der Waals surface area contributed by atoms with Gasteiger partial charge in [0.05, 0.1) is 5.69 Å². The van der Waals surface area contributed by atoms with Crippen LogP contribution in [0.3, 0.4) is 0 Å². The smallest absolute Gasteiger partial charge is 0.263 e. The molecule has 0 radical (unpaired) electrons. The van der Waals surface area contributed by atoms with Gasteiger partial charge in [-0.05, 0) is 48.5 Å². The summed E-state index contributed by atoms with van der Waals surface area (Å²) in [5.41, 5.74) is 0.774. The second kappa shape index (κ2) is 7.01. The van der Waals surface area contributed by atoms with Crippen molar-refractivity contribution in [3.05, 3.63) is 59.4 Å². The number of halogens is 2. The molecule has 1 saturated heterocycles. The Morgan fingerprint density at radius 3 is 2.43 bits per heavy atom. The summed E-state index contributed by atoms with van der Waals surface area (Å²) in [5.74, 6) is -2.04. The molecule has 2 atom stereocenters. The van der Waals surface area contributed by atoms with Crippen LogP contribution in [-0.2, 0) is 14.4 Å². The zero-order valence-corrected chi connectivity index (χ0v) is 15.0. The van der Waals surface area contributed by atoms with E-state index < -0.39 is 35.6 Å². The fourth-order valence-corrected chi connectivity index (χ4v) is 3.21. The molecule has 3 amide bonds. The van der Waals surface area contributed by atoms with E-state index in [1.165, 1.54) is 17.1 Å². The first-order valence-corrected chi connectivity index (χ1v) is 8.68. The van der Waals surface area contributed by atoms with Gasteiger partial charge in [-0.25, -0.2) is 9.29 Å². The van der Waals surface area contributed by atoms with Gasteiger partial charge in [0, 0.05) is 10.7 Å². The maximum atomic E-state index is 13.1. The lowest BCUT2D eigenvalue weighted by Crippen LogP contribution is -2.43. The van der Waals surface area contributed by atoms with Crippen LogP contribution in [0, 0.1) is 5.82 Å². The van der Waals surface area contributed by atoms with E-state index in [1.807, 2.05) is 0 Å². The molecule has 2 heterocycles. The molecular formula is C18H13ClFN5O3. The van der Waals surface area contributed by atoms with Gasteiger partial charge in [0.25, 0.3) is 11.8 Å². The average Bonchev–Trinajstić information content (AvgIpc) is 3.18. The molecule has 2 aromatic rings. The molecule has 0 unspecified atom stereocenters. The highest BCUT2D eigenvalue weighted by Gasteiger charge is 2.55. The molecule has 0 aromatic heterocycles. The lowest BCUT2D eigenvalue weighted by Gasteiger charge is -2.20. The summed E-state index contributed by atoms with van der Waals surface area (Å²) in [7, 11) is 0. The van der Waals surface area contributed by atoms with Gasteiger partial charge in [0.15, 0.2) is 12.1 Å². The Hall–Kier alpha value is -3.33. The molecule has 4 rings (SSSR count). The summed E-state index contributed by atoms with van der Waals surface area (Å²) in [6, 6.07) is 9.47. The van der Waals surface area contributed by atoms with Crippen LogP contribution < -0.4 is 10.2 Å². The van der Waals surface area contributed by atoms with Gasteiger partial charge in [-0.3, -0.25) is 19.4 Å². The number of carbonyl (C=O) groups is 3. The number of rotatable bonds is 4. The van der Waals surface area contributed by atoms with Gasteiger partial charge in [-0.15, -0.1) is 0 Å². The summed E-state index contributed by atoms with van der Waals surface area (Å²) >= 11 is 5.81. The highest BCUT2D eigenvalue weighted by Crippen LogP contribution is 2.31. The number of benzene rings is 2. The Labute approximate surface area is 163 Å². The van der Waals surface area contributed by atoms with Crippen molar-refractivity contribution in [1.82, 2.24) is 5.01 Å². The van der Waals surface area contributed by atoms with Crippen LogP contribution in [0.25, 0.3) is 0 Å². The van der Waals surface area contributed by atoms with Crippen LogP contribution in [0.15, 0.2) is 58.9 Å². The lowest BCUT2D eigenvalue weighted by molar-refractivity contribution is -0.123. The first-order valence-electron chi connectivity index (χ1n) is 8.30. The van der Waals surface area contributed by atoms with Crippen molar-refractivity contribution in [1.29, 1.82) is 0 Å². The number of nitrogens with zero attached hydrogens (tertiary/aromatic N) is 4. The Morgan fingerprint density at radius 1 is 1.07 bits per heavy atom. The Morgan fingerprint density at radius 2 is 1.75 bits per heavy atom. The van der Waals surface area contributed by atoms with Gasteiger partial charge in [-0.2, -0.15) is 5.11 Å². The van der Waals surface area contributed by atoms with Crippen LogP contribution in [-0.4, -0.2) is 41.4 Å². The Bertz CT molecular complexity index is 980. The van der Waals surface area contributed by atoms with Crippen molar-refractivity contribution >= 4 is 40.7 Å². The molecule has 0 spiro atoms. The summed E-state index contributed by atoms with van der Waals surface area (Å²) in [5, 5.41) is 12.0. The topological polar surface area (TPSA) is 94.4 Å². The minimum atomic E-state index is -1.03. The van der Waals surface area contributed by atoms with E-state index in [9.17, 15) is 18.8 Å². The second-order valence-corrected chi connectivity index (χ2v) is 6.67. The van der Waals surface area contributed by atoms with Crippen molar-refractivity contribution in [3.8, 4) is 0 Å². The molecule has 2 aliphatic heterocycles. The molecule has 1 N–H and O–H groups in total. The van der Waals surface area contributed by atoms with Crippen molar-refractivity contribution in [3.63, 3.8) is 0 Å². The second-order valence-electron chi connectivity index (χ2n) is 6.24. The number of carbonyl (C=O) groups excluding carboxylic acids is 3. The van der Waals surface area contributed by atoms with Crippen LogP contribution in [0.2, 0.25) is 5.02 Å². The summed E-state index contributed by atoms with van der Waals surface area (Å²) < 4.78 is 13.1. The maximum absolute atomic E-state index is 13.1. The number of hydrogen-bond donors (Lipinski definition) is 1. The monoisotopic (exact) mass is 401 g/mol. The minimum absolute atomic E-state index is 0.242. The molecule has 8 nitrogen and oxygen atoms in total. The quantitative estimate of drug-likeness (QED) is 0.796. The number of hydrogen-bond acceptors (Lipinski definition) is 6. The van der Waals surface area contributed by atoms with E-state index >= 15 is 0 Å². The first-order chi connectivity index (χ1) is 13.4.